The van der Waals surface area contributed by atoms with Crippen molar-refractivity contribution in [1.29, 1.82) is 0 Å². The summed E-state index contributed by atoms with van der Waals surface area (Å²) < 4.78 is 179. The van der Waals surface area contributed by atoms with Crippen molar-refractivity contribution < 1.29 is 172 Å². The fourth-order valence-corrected chi connectivity index (χ4v) is 18.3. The SMILES string of the molecule is CC(C)(C)OC(=O)N[C@@H](COCc1ccccc1)C(=O)O.CC(C)(C)OC(=O)N[C@H](CO)COCc1ccccc1.CC[C@H](N)COc1c(Br)c(F)cc(C(=O)OC)c1I.CC[C@H]1COS(=O)(=O)C1.CC[C@H]1COS(=O)(=O)N1C(=O)OC(C)(C)C.CC[C@H]1COS(=O)N1C(=O)OC(C)(C)C.COC(=O)CC(=O)Cl.COC(=O)c1cc(F)c(Br)c(O)c1I.COC(=O)c1cc(F)c(Br)c2c1N[C@@H](COCc1ccccc1)CO2. The topological polar surface area (TPSA) is 533 Å². The maximum atomic E-state index is 14.0. The molecule has 3 fully saturated rings. The standard InChI is InChI=1S/C18H17BrFNO4.C15H21NO5.C15H23NO4.C12H14BrFINO3.C9H17NO5S.C9H17NO4S.C8H5BrFIO3.C5H10O3S.C4H5ClO3/c1-23-18(22)13-7-14(20)15(19)17-16(13)21-12(10-25-17)9-24-8-11-5-3-2-4-6-11;1-15(2,3)21-14(19)16-12(13(17)18)10-20-9-11-7-5-4-6-8-11;1-15(2,3)20-14(18)16-13(9-17)11-19-10-12-7-5-4-6-8-12;1-3-6(16)5-19-11-9(13)8(14)4-7(10(11)15)12(17)18-2;1-5-7-6-14-16(12,13)10(7)8(11)15-9(2,3)4;1-5-7-6-13-15(12)10(7)8(11)14-9(2,3)4;1-14-8(13)3-2-4(10)5(9)7(12)6(3)11;1-2-5-3-8-9(6,7)4-5;1-8-4(7)2-3(5)6/h2-7,12,21H,8-10H2,1H3;4-8,12H,9-10H2,1-3H3,(H,16,19)(H,17,18);4-8,13,17H,9-11H2,1-3H3,(H,16,18);4,6H,3,5,16H2,1-2H3;7H,5-6H2,1-4H3;7H,5-6H2,1-4H3;2,12H,1H3;5H,2-4H2,1H3;2H2,1H3/t2*12-;13-;6-;7-;7-,15?;;5-;/m001000.0./s1. The van der Waals surface area contributed by atoms with Crippen LogP contribution in [0.25, 0.3) is 0 Å². The Hall–Kier alpha value is -8.67. The zero-order valence-corrected chi connectivity index (χ0v) is 97.0. The van der Waals surface area contributed by atoms with Gasteiger partial charge in [-0.15, -0.1) is 0 Å². The molecular formula is C95H129Br3ClF3I2N6O34S3. The number of aliphatic carboxylic acids is 1. The molecule has 10 rings (SSSR count). The first kappa shape index (κ1) is 134. The number of nitrogens with zero attached hydrogens (tertiary/aromatic N) is 2. The number of esters is 4. The number of benzene rings is 6. The Kier molecular flexibility index (Phi) is 60.5. The van der Waals surface area contributed by atoms with E-state index in [1.807, 2.05) is 134 Å². The number of hydrogen-bond acceptors (Lipinski definition) is 35. The van der Waals surface area contributed by atoms with Gasteiger partial charge in [0, 0.05) is 6.04 Å². The lowest BCUT2D eigenvalue weighted by molar-refractivity contribution is -0.142. The number of phenols is 1. The molecule has 4 aliphatic rings. The maximum Gasteiger partial charge on any atom is 0.426 e. The van der Waals surface area contributed by atoms with Gasteiger partial charge in [-0.25, -0.2) is 55.7 Å². The van der Waals surface area contributed by atoms with E-state index in [0.29, 0.717) is 66.0 Å². The van der Waals surface area contributed by atoms with E-state index in [9.17, 15) is 92.4 Å². The van der Waals surface area contributed by atoms with Gasteiger partial charge in [0.05, 0.1) is 167 Å². The second-order valence-electron chi connectivity index (χ2n) is 35.2. The summed E-state index contributed by atoms with van der Waals surface area (Å²) in [6.07, 6.45) is -0.311. The molecule has 0 saturated carbocycles. The second kappa shape index (κ2) is 66.2. The summed E-state index contributed by atoms with van der Waals surface area (Å²) in [5.74, 6) is -4.90. The van der Waals surface area contributed by atoms with Crippen LogP contribution in [-0.2, 0) is 131 Å². The Labute approximate surface area is 914 Å². The van der Waals surface area contributed by atoms with E-state index >= 15 is 0 Å². The normalized spacial score (nSPS) is 16.6. The number of alkyl carbamates (subject to hydrolysis) is 2. The van der Waals surface area contributed by atoms with E-state index in [4.69, 9.17) is 74.0 Å². The monoisotopic (exact) mass is 2580 g/mol. The number of nitrogens with two attached hydrogens (primary N) is 1. The molecule has 8 N–H and O–H groups in total. The molecule has 4 aliphatic heterocycles. The van der Waals surface area contributed by atoms with Crippen molar-refractivity contribution in [2.45, 2.75) is 221 Å². The molecule has 3 saturated heterocycles. The van der Waals surface area contributed by atoms with Crippen LogP contribution < -0.4 is 31.2 Å². The van der Waals surface area contributed by atoms with Crippen molar-refractivity contribution in [3.8, 4) is 17.2 Å². The molecule has 824 valence electrons. The van der Waals surface area contributed by atoms with Crippen molar-refractivity contribution in [2.75, 3.05) is 99.0 Å². The molecule has 1 unspecified atom stereocenters. The Bertz CT molecular complexity index is 5520. The number of amides is 4. The van der Waals surface area contributed by atoms with Crippen molar-refractivity contribution in [2.24, 2.45) is 11.7 Å². The summed E-state index contributed by atoms with van der Waals surface area (Å²) in [5.41, 5.74) is 6.87. The Morgan fingerprint density at radius 1 is 0.578 bits per heavy atom. The number of ether oxygens (including phenoxy) is 13. The fourth-order valence-electron chi connectivity index (χ4n) is 11.2. The third-order valence-corrected chi connectivity index (χ3v) is 26.9. The predicted molar refractivity (Wildman–Crippen MR) is 564 cm³/mol. The number of hydrogen-bond donors (Lipinski definition) is 7. The number of carbonyl (C=O) groups is 10. The lowest BCUT2D eigenvalue weighted by Crippen LogP contribution is -2.46. The number of halogens is 9. The van der Waals surface area contributed by atoms with Gasteiger partial charge in [0.25, 0.3) is 21.4 Å². The van der Waals surface area contributed by atoms with E-state index in [0.717, 1.165) is 52.0 Å². The highest BCUT2D eigenvalue weighted by Crippen LogP contribution is 2.42. The van der Waals surface area contributed by atoms with Gasteiger partial charge in [-0.2, -0.15) is 25.4 Å². The molecule has 40 nitrogen and oxygen atoms in total. The summed E-state index contributed by atoms with van der Waals surface area (Å²) in [6, 6.07) is 29.6. The summed E-state index contributed by atoms with van der Waals surface area (Å²) >= 11 is 15.9. The highest BCUT2D eigenvalue weighted by atomic mass is 127. The van der Waals surface area contributed by atoms with Crippen molar-refractivity contribution >= 4 is 201 Å². The fraction of sp³-hybridized carbons (Fsp3) is 0.516. The first-order valence-corrected chi connectivity index (χ1v) is 53.8. The minimum absolute atomic E-state index is 0.00191. The largest absolute Gasteiger partial charge is 0.506 e. The smallest absolute Gasteiger partial charge is 0.426 e. The summed E-state index contributed by atoms with van der Waals surface area (Å²) in [7, 11) is -2.19. The molecule has 52 heteroatoms. The van der Waals surface area contributed by atoms with Crippen LogP contribution >= 0.6 is 105 Å². The third kappa shape index (κ3) is 51.3. The Morgan fingerprint density at radius 3 is 1.45 bits per heavy atom. The second-order valence-corrected chi connectivity index (χ2v) is 44.4. The van der Waals surface area contributed by atoms with Gasteiger partial charge >= 0.3 is 64.5 Å². The third-order valence-electron chi connectivity index (χ3n) is 18.5. The molecule has 6 aromatic rings. The van der Waals surface area contributed by atoms with Crippen LogP contribution in [0.1, 0.15) is 191 Å². The van der Waals surface area contributed by atoms with Gasteiger partial charge in [-0.05, 0) is 254 Å². The number of rotatable bonds is 28. The molecule has 0 radical (unpaired) electrons. The number of aromatic hydroxyl groups is 1. The molecule has 6 aromatic carbocycles. The lowest BCUT2D eigenvalue weighted by Gasteiger charge is -2.29. The van der Waals surface area contributed by atoms with E-state index < -0.39 is 149 Å². The lowest BCUT2D eigenvalue weighted by atomic mass is 10.1. The van der Waals surface area contributed by atoms with Gasteiger partial charge in [0.1, 0.15) is 65.2 Å². The summed E-state index contributed by atoms with van der Waals surface area (Å²) in [4.78, 5) is 112. The Morgan fingerprint density at radius 2 is 1.03 bits per heavy atom. The summed E-state index contributed by atoms with van der Waals surface area (Å²) in [5, 5.41) is 35.0. The first-order chi connectivity index (χ1) is 68.5. The van der Waals surface area contributed by atoms with Crippen LogP contribution in [0, 0.1) is 30.5 Å². The van der Waals surface area contributed by atoms with Crippen LogP contribution in [0.5, 0.6) is 17.2 Å². The molecule has 0 aliphatic carbocycles. The minimum Gasteiger partial charge on any atom is -0.506 e. The molecule has 0 aromatic heterocycles. The molecule has 0 spiro atoms. The van der Waals surface area contributed by atoms with Gasteiger partial charge in [0.15, 0.2) is 17.5 Å². The van der Waals surface area contributed by atoms with Gasteiger partial charge in [0.2, 0.25) is 5.24 Å². The highest BCUT2D eigenvalue weighted by Gasteiger charge is 2.44. The van der Waals surface area contributed by atoms with Crippen molar-refractivity contribution in [3.63, 3.8) is 0 Å². The van der Waals surface area contributed by atoms with Gasteiger partial charge in [-0.3, -0.25) is 22.1 Å². The number of aliphatic hydroxyl groups is 1. The zero-order chi connectivity index (χ0) is 112. The average Bonchev–Trinajstić information content (AvgIpc) is 1.32. The number of methoxy groups -OCH3 is 4. The van der Waals surface area contributed by atoms with Crippen LogP contribution in [-0.4, -0.2) is 257 Å². The van der Waals surface area contributed by atoms with Crippen molar-refractivity contribution in [3.05, 3.63) is 181 Å². The Balaban J connectivity index is 0.000000568. The first-order valence-electron chi connectivity index (χ1n) is 44.9. The summed E-state index contributed by atoms with van der Waals surface area (Å²) in [6.45, 7) is 31.1. The van der Waals surface area contributed by atoms with Crippen LogP contribution in [0.15, 0.2) is 123 Å². The predicted octanol–water partition coefficient (Wildman–Crippen LogP) is 17.4. The van der Waals surface area contributed by atoms with Crippen LogP contribution in [0.3, 0.4) is 0 Å². The molecule has 8 atom stereocenters. The zero-order valence-electron chi connectivity index (χ0n) is 84.8. The number of fused-ring (bicyclic) bond motifs is 1. The molecule has 147 heavy (non-hydrogen) atoms. The number of nitrogens with one attached hydrogen (secondary N) is 3. The van der Waals surface area contributed by atoms with E-state index in [-0.39, 0.29) is 127 Å². The number of carboxylic acids is 1. The van der Waals surface area contributed by atoms with Gasteiger partial charge < -0.3 is 98.6 Å². The van der Waals surface area contributed by atoms with Crippen LogP contribution in [0.4, 0.5) is 38.0 Å². The van der Waals surface area contributed by atoms with Gasteiger partial charge in [-0.1, -0.05) is 119 Å². The molecule has 0 bridgehead atoms. The van der Waals surface area contributed by atoms with E-state index in [1.54, 1.807) is 113 Å². The van der Waals surface area contributed by atoms with Crippen molar-refractivity contribution in [1.82, 2.24) is 19.2 Å². The minimum atomic E-state index is -3.96. The number of carbonyl (C=O) groups excluding carboxylic acids is 9. The average molecular weight is 2580 g/mol. The highest BCUT2D eigenvalue weighted by molar-refractivity contribution is 14.1. The maximum absolute atomic E-state index is 14.0. The molecule has 4 amide bonds. The number of aliphatic hydroxyl groups excluding tert-OH is 1. The number of phenolic OH excluding ortho intramolecular Hbond substituents is 1. The molecular weight excluding hydrogens is 2450 g/mol. The quantitative estimate of drug-likeness (QED) is 0.00456. The number of anilines is 1. The van der Waals surface area contributed by atoms with Crippen LogP contribution in [0.2, 0.25) is 0 Å². The van der Waals surface area contributed by atoms with E-state index in [1.165, 1.54) is 28.4 Å². The van der Waals surface area contributed by atoms with E-state index in [2.05, 4.69) is 86.3 Å². The molecule has 4 heterocycles. The number of carboxylic acid groups (broad SMARTS) is 1.